The molecule has 0 saturated heterocycles. The molecule has 3 aromatic rings. The number of hydrogen-bond acceptors (Lipinski definition) is 5. The van der Waals surface area contributed by atoms with Crippen molar-refractivity contribution in [3.63, 3.8) is 0 Å². The highest BCUT2D eigenvalue weighted by molar-refractivity contribution is 9.10. The van der Waals surface area contributed by atoms with Crippen molar-refractivity contribution in [2.45, 2.75) is 27.7 Å². The Morgan fingerprint density at radius 1 is 0.909 bits per heavy atom. The predicted molar refractivity (Wildman–Crippen MR) is 87.3 cm³/mol. The van der Waals surface area contributed by atoms with Crippen LogP contribution in [0.4, 0.5) is 5.82 Å². The van der Waals surface area contributed by atoms with Gasteiger partial charge in [-0.1, -0.05) is 0 Å². The van der Waals surface area contributed by atoms with E-state index in [1.54, 1.807) is 9.36 Å². The highest BCUT2D eigenvalue weighted by Crippen LogP contribution is 2.26. The van der Waals surface area contributed by atoms with Crippen LogP contribution in [0.3, 0.4) is 0 Å². The first-order valence-electron chi connectivity index (χ1n) is 6.77. The molecule has 0 atom stereocenters. The second-order valence-corrected chi connectivity index (χ2v) is 6.02. The molecule has 0 bridgehead atoms. The molecule has 0 saturated carbocycles. The Kier molecular flexibility index (Phi) is 3.48. The zero-order valence-corrected chi connectivity index (χ0v) is 14.4. The van der Waals surface area contributed by atoms with Crippen LogP contribution in [0, 0.1) is 27.7 Å². The number of aryl methyl sites for hydroxylation is 4. The van der Waals surface area contributed by atoms with Crippen LogP contribution in [-0.4, -0.2) is 29.5 Å². The number of halogens is 1. The largest absolute Gasteiger partial charge is 0.383 e. The summed E-state index contributed by atoms with van der Waals surface area (Å²) in [5.74, 6) is 1.37. The minimum Gasteiger partial charge on any atom is -0.383 e. The van der Waals surface area contributed by atoms with Gasteiger partial charge in [-0.2, -0.15) is 20.2 Å². The maximum atomic E-state index is 6.03. The summed E-state index contributed by atoms with van der Waals surface area (Å²) in [6.07, 6.45) is 0. The molecule has 0 aliphatic rings. The molecule has 7 nitrogen and oxygen atoms in total. The Hall–Kier alpha value is -2.22. The molecule has 3 heterocycles. The monoisotopic (exact) mass is 361 g/mol. The third-order valence-electron chi connectivity index (χ3n) is 3.26. The smallest absolute Gasteiger partial charge is 0.254 e. The molecule has 0 aliphatic carbocycles. The van der Waals surface area contributed by atoms with E-state index in [1.165, 1.54) is 0 Å². The molecule has 0 radical (unpaired) electrons. The Morgan fingerprint density at radius 3 is 1.95 bits per heavy atom. The minimum absolute atomic E-state index is 0.347. The van der Waals surface area contributed by atoms with Crippen LogP contribution in [0.15, 0.2) is 16.6 Å². The van der Waals surface area contributed by atoms with Crippen LogP contribution in [0.2, 0.25) is 0 Å². The fourth-order valence-electron chi connectivity index (χ4n) is 2.35. The summed E-state index contributed by atoms with van der Waals surface area (Å²) < 4.78 is 4.03. The second-order valence-electron chi connectivity index (χ2n) is 5.22. The van der Waals surface area contributed by atoms with Gasteiger partial charge in [-0.3, -0.25) is 0 Å². The molecule has 3 rings (SSSR count). The predicted octanol–water partition coefficient (Wildman–Crippen LogP) is 2.43. The maximum absolute atomic E-state index is 6.03. The van der Waals surface area contributed by atoms with Gasteiger partial charge < -0.3 is 5.73 Å². The normalized spacial score (nSPS) is 11.1. The highest BCUT2D eigenvalue weighted by Gasteiger charge is 2.17. The van der Waals surface area contributed by atoms with Crippen LogP contribution in [-0.2, 0) is 0 Å². The topological polar surface area (TPSA) is 87.4 Å². The molecule has 0 amide bonds. The van der Waals surface area contributed by atoms with E-state index in [4.69, 9.17) is 5.73 Å². The average molecular weight is 362 g/mol. The first-order valence-corrected chi connectivity index (χ1v) is 7.56. The van der Waals surface area contributed by atoms with Crippen LogP contribution in [0.5, 0.6) is 0 Å². The van der Waals surface area contributed by atoms with Gasteiger partial charge in [-0.15, -0.1) is 0 Å². The summed E-state index contributed by atoms with van der Waals surface area (Å²) >= 11 is 3.45. The van der Waals surface area contributed by atoms with E-state index >= 15 is 0 Å². The van der Waals surface area contributed by atoms with Crippen molar-refractivity contribution < 1.29 is 0 Å². The third-order valence-corrected chi connectivity index (χ3v) is 4.02. The maximum Gasteiger partial charge on any atom is 0.254 e. The number of anilines is 1. The first-order chi connectivity index (χ1) is 10.4. The second kappa shape index (κ2) is 5.20. The van der Waals surface area contributed by atoms with Gasteiger partial charge in [-0.25, -0.2) is 9.36 Å². The molecule has 0 spiro atoms. The lowest BCUT2D eigenvalue weighted by molar-refractivity contribution is 0.742. The number of aromatic nitrogens is 6. The third kappa shape index (κ3) is 2.39. The van der Waals surface area contributed by atoms with Crippen molar-refractivity contribution in [1.29, 1.82) is 0 Å². The summed E-state index contributed by atoms with van der Waals surface area (Å²) in [5, 5.41) is 8.86. The van der Waals surface area contributed by atoms with E-state index in [0.29, 0.717) is 22.1 Å². The Labute approximate surface area is 136 Å². The summed E-state index contributed by atoms with van der Waals surface area (Å²) in [4.78, 5) is 8.90. The molecule has 8 heteroatoms. The summed E-state index contributed by atoms with van der Waals surface area (Å²) in [6.45, 7) is 7.77. The van der Waals surface area contributed by atoms with Crippen LogP contribution >= 0.6 is 15.9 Å². The van der Waals surface area contributed by atoms with Gasteiger partial charge in [0.1, 0.15) is 10.3 Å². The van der Waals surface area contributed by atoms with Gasteiger partial charge >= 0.3 is 0 Å². The van der Waals surface area contributed by atoms with Crippen molar-refractivity contribution in [3.05, 3.63) is 39.4 Å². The van der Waals surface area contributed by atoms with Crippen LogP contribution in [0.25, 0.3) is 11.8 Å². The Morgan fingerprint density at radius 2 is 1.45 bits per heavy atom. The van der Waals surface area contributed by atoms with E-state index < -0.39 is 0 Å². The van der Waals surface area contributed by atoms with Gasteiger partial charge in [0, 0.05) is 11.4 Å². The lowest BCUT2D eigenvalue weighted by atomic mass is 10.4. The van der Waals surface area contributed by atoms with Crippen molar-refractivity contribution in [1.82, 2.24) is 29.5 Å². The Bertz CT molecular complexity index is 862. The highest BCUT2D eigenvalue weighted by atomic mass is 79.9. The van der Waals surface area contributed by atoms with E-state index in [-0.39, 0.29) is 0 Å². The van der Waals surface area contributed by atoms with Gasteiger partial charge in [0.05, 0.1) is 11.4 Å². The van der Waals surface area contributed by atoms with E-state index in [2.05, 4.69) is 36.1 Å². The molecule has 0 fully saturated rings. The number of rotatable bonds is 2. The lowest BCUT2D eigenvalue weighted by Gasteiger charge is -2.11. The molecule has 0 unspecified atom stereocenters. The summed E-state index contributed by atoms with van der Waals surface area (Å²) in [6, 6.07) is 3.94. The van der Waals surface area contributed by atoms with Crippen molar-refractivity contribution in [2.24, 2.45) is 0 Å². The molecule has 3 aromatic heterocycles. The van der Waals surface area contributed by atoms with Crippen LogP contribution < -0.4 is 5.73 Å². The fourth-order valence-corrected chi connectivity index (χ4v) is 2.70. The molecule has 2 N–H and O–H groups in total. The van der Waals surface area contributed by atoms with Crippen LogP contribution in [0.1, 0.15) is 22.8 Å². The summed E-state index contributed by atoms with van der Waals surface area (Å²) in [5.41, 5.74) is 9.75. The minimum atomic E-state index is 0.347. The van der Waals surface area contributed by atoms with Gasteiger partial charge in [0.2, 0.25) is 0 Å². The quantitative estimate of drug-likeness (QED) is 0.757. The molecule has 114 valence electrons. The molecule has 0 aliphatic heterocycles. The van der Waals surface area contributed by atoms with Crippen molar-refractivity contribution >= 4 is 21.7 Å². The number of nitrogen functional groups attached to an aromatic ring is 1. The average Bonchev–Trinajstić information content (AvgIpc) is 2.94. The molecule has 22 heavy (non-hydrogen) atoms. The van der Waals surface area contributed by atoms with Crippen molar-refractivity contribution in [2.75, 3.05) is 5.73 Å². The van der Waals surface area contributed by atoms with E-state index in [0.717, 1.165) is 22.8 Å². The zero-order valence-electron chi connectivity index (χ0n) is 12.8. The van der Waals surface area contributed by atoms with Crippen molar-refractivity contribution in [3.8, 4) is 11.8 Å². The summed E-state index contributed by atoms with van der Waals surface area (Å²) in [7, 11) is 0. The number of hydrogen-bond donors (Lipinski definition) is 1. The SMILES string of the molecule is Cc1cc(C)n(-c2nc(N)c(Br)c(-n3nc(C)cc3C)n2)n1. The standard InChI is InChI=1S/C14H16BrN7/c1-7-5-9(3)21(19-7)13-11(15)12(16)17-14(18-13)22-10(4)6-8(2)20-22/h5-6H,1-4H3,(H2,16,17,18). The zero-order chi connectivity index (χ0) is 16.0. The van der Waals surface area contributed by atoms with E-state index in [9.17, 15) is 0 Å². The molecular weight excluding hydrogens is 346 g/mol. The lowest BCUT2D eigenvalue weighted by Crippen LogP contribution is -2.13. The molecule has 0 aromatic carbocycles. The fraction of sp³-hybridized carbons (Fsp3) is 0.286. The van der Waals surface area contributed by atoms with Gasteiger partial charge in [0.15, 0.2) is 5.82 Å². The first kappa shape index (κ1) is 14.7. The van der Waals surface area contributed by atoms with Gasteiger partial charge in [-0.05, 0) is 55.8 Å². The Balaban J connectivity index is 2.24. The van der Waals surface area contributed by atoms with Gasteiger partial charge in [0.25, 0.3) is 5.95 Å². The number of nitrogens with zero attached hydrogens (tertiary/aromatic N) is 6. The molecular formula is C14H16BrN7. The number of nitrogens with two attached hydrogens (primary N) is 1. The van der Waals surface area contributed by atoms with E-state index in [1.807, 2.05) is 39.8 Å².